The lowest BCUT2D eigenvalue weighted by Gasteiger charge is -2.06. The largest absolute Gasteiger partial charge is 0.508 e. The maximum atomic E-state index is 10.9. The van der Waals surface area contributed by atoms with E-state index < -0.39 is 0 Å². The van der Waals surface area contributed by atoms with Crippen molar-refractivity contribution >= 4 is 60.8 Å². The third-order valence-corrected chi connectivity index (χ3v) is 8.36. The number of phenols is 3. The molecule has 0 fully saturated rings. The highest BCUT2D eigenvalue weighted by molar-refractivity contribution is 9.10. The monoisotopic (exact) mass is 678 g/mol. The zero-order valence-corrected chi connectivity index (χ0v) is 27.8. The van der Waals surface area contributed by atoms with Crippen LogP contribution in [-0.2, 0) is 12.8 Å². The van der Waals surface area contributed by atoms with Crippen LogP contribution in [0.4, 0.5) is 0 Å². The summed E-state index contributed by atoms with van der Waals surface area (Å²) in [5.41, 5.74) is 3.32. The summed E-state index contributed by atoms with van der Waals surface area (Å²) >= 11 is 3.39. The highest BCUT2D eigenvalue weighted by Gasteiger charge is 2.07. The number of hydrogen-bond donors (Lipinski definition) is 3. The van der Waals surface area contributed by atoms with Gasteiger partial charge in [-0.15, -0.1) is 0 Å². The molecule has 0 aliphatic carbocycles. The fourth-order valence-corrected chi connectivity index (χ4v) is 5.69. The summed E-state index contributed by atoms with van der Waals surface area (Å²) in [5, 5.41) is 34.2. The Hall–Kier alpha value is -4.68. The molecule has 0 saturated carbocycles. The lowest BCUT2D eigenvalue weighted by atomic mass is 10.00. The first-order valence-corrected chi connectivity index (χ1v) is 16.3. The average Bonchev–Trinajstić information content (AvgIpc) is 3.07. The molecule has 0 amide bonds. The van der Waals surface area contributed by atoms with E-state index in [0.717, 1.165) is 49.6 Å². The third-order valence-electron chi connectivity index (χ3n) is 7.87. The molecule has 0 aliphatic heterocycles. The smallest absolute Gasteiger partial charge is 0.154 e. The zero-order valence-electron chi connectivity index (χ0n) is 26.2. The van der Waals surface area contributed by atoms with Gasteiger partial charge in [0.05, 0.1) is 11.1 Å². The molecule has 0 spiro atoms. The van der Waals surface area contributed by atoms with Crippen molar-refractivity contribution in [1.29, 1.82) is 0 Å². The fraction of sp³-hybridized carbons (Fsp3) is 0.200. The summed E-state index contributed by atoms with van der Waals surface area (Å²) in [6.07, 6.45) is 8.23. The van der Waals surface area contributed by atoms with E-state index in [2.05, 4.69) is 41.9 Å². The van der Waals surface area contributed by atoms with Gasteiger partial charge < -0.3 is 15.3 Å². The van der Waals surface area contributed by atoms with Crippen molar-refractivity contribution in [3.05, 3.63) is 124 Å². The van der Waals surface area contributed by atoms with E-state index in [1.807, 2.05) is 60.7 Å². The molecule has 6 aromatic carbocycles. The second-order valence-corrected chi connectivity index (χ2v) is 12.1. The number of fused-ring (bicyclic) bond motifs is 3. The predicted octanol–water partition coefficient (Wildman–Crippen LogP) is 10.7. The molecule has 0 aliphatic rings. The van der Waals surface area contributed by atoms with E-state index in [9.17, 15) is 24.9 Å². The van der Waals surface area contributed by atoms with E-state index >= 15 is 0 Å². The first-order chi connectivity index (χ1) is 22.3. The molecule has 236 valence electrons. The number of carbonyl (C=O) groups excluding carboxylic acids is 2. The molecule has 6 heteroatoms. The number of carbonyl (C=O) groups is 2. The molecular weight excluding hydrogens is 640 g/mol. The van der Waals surface area contributed by atoms with Crippen molar-refractivity contribution in [3.8, 4) is 17.2 Å². The van der Waals surface area contributed by atoms with Gasteiger partial charge in [-0.25, -0.2) is 0 Å². The van der Waals surface area contributed by atoms with Crippen molar-refractivity contribution < 1.29 is 24.9 Å². The van der Waals surface area contributed by atoms with Crippen LogP contribution in [-0.4, -0.2) is 27.9 Å². The SMILES string of the molecule is CCCCc1ccc2c(C=O)c(O)ccc2c1.CCCCc1ccc2c(C=O)c(O)ccc2c1.Oc1ccc2cc(Br)ccc2c1. The number of phenolic OH excluding ortho intramolecular Hbond substituents is 3. The molecule has 0 unspecified atom stereocenters. The predicted molar refractivity (Wildman–Crippen MR) is 193 cm³/mol. The lowest BCUT2D eigenvalue weighted by Crippen LogP contribution is -1.88. The number of rotatable bonds is 8. The maximum absolute atomic E-state index is 10.9. The summed E-state index contributed by atoms with van der Waals surface area (Å²) in [5.74, 6) is 0.410. The maximum Gasteiger partial charge on any atom is 0.154 e. The summed E-state index contributed by atoms with van der Waals surface area (Å²) in [4.78, 5) is 21.9. The number of aryl methyl sites for hydroxylation is 2. The van der Waals surface area contributed by atoms with Gasteiger partial charge >= 0.3 is 0 Å². The molecule has 5 nitrogen and oxygen atoms in total. The molecular formula is C40H39BrO5. The van der Waals surface area contributed by atoms with Gasteiger partial charge in [0.25, 0.3) is 0 Å². The number of aromatic hydroxyl groups is 3. The number of benzene rings is 6. The first kappa shape index (κ1) is 34.2. The Kier molecular flexibility index (Phi) is 12.3. The molecule has 0 aromatic heterocycles. The van der Waals surface area contributed by atoms with Crippen LogP contribution in [0.25, 0.3) is 32.3 Å². The average molecular weight is 680 g/mol. The Morgan fingerprint density at radius 1 is 0.543 bits per heavy atom. The molecule has 0 radical (unpaired) electrons. The summed E-state index contributed by atoms with van der Waals surface area (Å²) in [7, 11) is 0. The number of unbranched alkanes of at least 4 members (excludes halogenated alkanes) is 2. The summed E-state index contributed by atoms with van der Waals surface area (Å²) in [6, 6.07) is 30.3. The van der Waals surface area contributed by atoms with Crippen LogP contribution in [0.3, 0.4) is 0 Å². The Bertz CT molecular complexity index is 1820. The molecule has 0 atom stereocenters. The van der Waals surface area contributed by atoms with Gasteiger partial charge in [0.1, 0.15) is 17.2 Å². The van der Waals surface area contributed by atoms with Crippen molar-refractivity contribution in [2.75, 3.05) is 0 Å². The van der Waals surface area contributed by atoms with Gasteiger partial charge in [0, 0.05) is 4.47 Å². The highest BCUT2D eigenvalue weighted by atomic mass is 79.9. The fourth-order valence-electron chi connectivity index (χ4n) is 5.31. The second-order valence-electron chi connectivity index (χ2n) is 11.2. The van der Waals surface area contributed by atoms with E-state index in [1.165, 1.54) is 36.8 Å². The molecule has 0 bridgehead atoms. The van der Waals surface area contributed by atoms with Gasteiger partial charge in [-0.05, 0) is 106 Å². The molecule has 6 aromatic rings. The number of hydrogen-bond acceptors (Lipinski definition) is 5. The highest BCUT2D eigenvalue weighted by Crippen LogP contribution is 2.28. The zero-order chi connectivity index (χ0) is 33.1. The normalized spacial score (nSPS) is 10.6. The van der Waals surface area contributed by atoms with Gasteiger partial charge in [-0.2, -0.15) is 0 Å². The number of halogens is 1. The molecule has 3 N–H and O–H groups in total. The van der Waals surface area contributed by atoms with Crippen LogP contribution in [0.5, 0.6) is 17.2 Å². The Balaban J connectivity index is 0.000000159. The van der Waals surface area contributed by atoms with Gasteiger partial charge in [-0.1, -0.05) is 103 Å². The third kappa shape index (κ3) is 8.73. The van der Waals surface area contributed by atoms with Crippen LogP contribution >= 0.6 is 15.9 Å². The van der Waals surface area contributed by atoms with Crippen LogP contribution in [0, 0.1) is 0 Å². The lowest BCUT2D eigenvalue weighted by molar-refractivity contribution is 0.111. The first-order valence-electron chi connectivity index (χ1n) is 15.6. The molecule has 0 saturated heterocycles. The standard InChI is InChI=1S/2C15H16O2.C10H7BrO/c2*1-2-3-4-11-5-7-13-12(9-11)6-8-15(17)14(13)10-16;11-9-3-1-8-6-10(12)4-2-7(8)5-9/h2*5-10,17H,2-4H2,1H3;1-6,12H. The summed E-state index contributed by atoms with van der Waals surface area (Å²) in [6.45, 7) is 4.34. The van der Waals surface area contributed by atoms with E-state index in [0.29, 0.717) is 29.4 Å². The molecule has 6 rings (SSSR count). The van der Waals surface area contributed by atoms with Gasteiger partial charge in [-0.3, -0.25) is 9.59 Å². The van der Waals surface area contributed by atoms with Crippen molar-refractivity contribution in [3.63, 3.8) is 0 Å². The number of aldehydes is 2. The van der Waals surface area contributed by atoms with Crippen LogP contribution in [0.2, 0.25) is 0 Å². The van der Waals surface area contributed by atoms with E-state index in [4.69, 9.17) is 0 Å². The Labute approximate surface area is 278 Å². The minimum Gasteiger partial charge on any atom is -0.508 e. The molecule has 0 heterocycles. The van der Waals surface area contributed by atoms with Gasteiger partial charge in [0.15, 0.2) is 12.6 Å². The van der Waals surface area contributed by atoms with Crippen molar-refractivity contribution in [1.82, 2.24) is 0 Å². The Morgan fingerprint density at radius 2 is 1.00 bits per heavy atom. The van der Waals surface area contributed by atoms with Crippen molar-refractivity contribution in [2.45, 2.75) is 52.4 Å². The molecule has 46 heavy (non-hydrogen) atoms. The van der Waals surface area contributed by atoms with E-state index in [-0.39, 0.29) is 11.5 Å². The van der Waals surface area contributed by atoms with Crippen molar-refractivity contribution in [2.24, 2.45) is 0 Å². The quantitative estimate of drug-likeness (QED) is 0.139. The second kappa shape index (κ2) is 16.6. The van der Waals surface area contributed by atoms with Crippen LogP contribution in [0.1, 0.15) is 71.4 Å². The van der Waals surface area contributed by atoms with Crippen LogP contribution in [0.15, 0.2) is 102 Å². The Morgan fingerprint density at radius 3 is 1.48 bits per heavy atom. The van der Waals surface area contributed by atoms with E-state index in [1.54, 1.807) is 24.3 Å². The minimum atomic E-state index is 0.0498. The topological polar surface area (TPSA) is 94.8 Å². The van der Waals surface area contributed by atoms with Crippen LogP contribution < -0.4 is 0 Å². The summed E-state index contributed by atoms with van der Waals surface area (Å²) < 4.78 is 1.06. The van der Waals surface area contributed by atoms with Gasteiger partial charge in [0.2, 0.25) is 0 Å². The minimum absolute atomic E-state index is 0.0498.